The lowest BCUT2D eigenvalue weighted by atomic mass is 10.1. The van der Waals surface area contributed by atoms with Gasteiger partial charge in [0.1, 0.15) is 4.90 Å². The van der Waals surface area contributed by atoms with Gasteiger partial charge in [0.05, 0.1) is 25.4 Å². The molecule has 2 heterocycles. The first-order valence-electron chi connectivity index (χ1n) is 9.77. The van der Waals surface area contributed by atoms with Crippen molar-refractivity contribution in [2.45, 2.75) is 24.3 Å². The molecular formula is C18H33IN6O4S. The van der Waals surface area contributed by atoms with Gasteiger partial charge in [0.25, 0.3) is 0 Å². The number of rotatable bonds is 10. The Morgan fingerprint density at radius 2 is 2.07 bits per heavy atom. The van der Waals surface area contributed by atoms with Crippen molar-refractivity contribution in [2.24, 2.45) is 4.99 Å². The molecule has 1 unspecified atom stereocenters. The van der Waals surface area contributed by atoms with E-state index in [1.54, 1.807) is 13.0 Å². The Bertz CT molecular complexity index is 742. The molecule has 0 aliphatic carbocycles. The highest BCUT2D eigenvalue weighted by atomic mass is 127. The van der Waals surface area contributed by atoms with Crippen molar-refractivity contribution in [3.63, 3.8) is 0 Å². The molecule has 10 nitrogen and oxygen atoms in total. The number of sulfonamides is 1. The van der Waals surface area contributed by atoms with E-state index in [1.165, 1.54) is 18.5 Å². The zero-order valence-electron chi connectivity index (χ0n) is 17.5. The Morgan fingerprint density at radius 3 is 2.70 bits per heavy atom. The van der Waals surface area contributed by atoms with Crippen LogP contribution in [-0.2, 0) is 14.8 Å². The van der Waals surface area contributed by atoms with Crippen molar-refractivity contribution in [3.05, 3.63) is 24.5 Å². The summed E-state index contributed by atoms with van der Waals surface area (Å²) in [6, 6.07) is 3.07. The van der Waals surface area contributed by atoms with Gasteiger partial charge in [-0.15, -0.1) is 24.0 Å². The molecule has 1 fully saturated rings. The zero-order chi connectivity index (χ0) is 21.2. The van der Waals surface area contributed by atoms with Crippen LogP contribution in [0.2, 0.25) is 0 Å². The van der Waals surface area contributed by atoms with Gasteiger partial charge in [-0.05, 0) is 26.0 Å². The molecule has 2 rings (SSSR count). The number of aliphatic hydroxyl groups is 1. The van der Waals surface area contributed by atoms with Gasteiger partial charge >= 0.3 is 0 Å². The second-order valence-electron chi connectivity index (χ2n) is 7.09. The number of nitrogens with zero attached hydrogens (tertiary/aromatic N) is 3. The van der Waals surface area contributed by atoms with E-state index in [0.717, 1.165) is 13.1 Å². The third-order valence-electron chi connectivity index (χ3n) is 4.24. The van der Waals surface area contributed by atoms with Gasteiger partial charge in [-0.25, -0.2) is 13.1 Å². The minimum atomic E-state index is -3.59. The average molecular weight is 556 g/mol. The molecule has 0 spiro atoms. The van der Waals surface area contributed by atoms with E-state index in [9.17, 15) is 13.5 Å². The predicted molar refractivity (Wildman–Crippen MR) is 127 cm³/mol. The maximum absolute atomic E-state index is 12.2. The molecule has 0 radical (unpaired) electrons. The molecule has 172 valence electrons. The summed E-state index contributed by atoms with van der Waals surface area (Å²) in [5, 5.41) is 16.8. The number of hydrogen-bond acceptors (Lipinski definition) is 7. The van der Waals surface area contributed by atoms with Crippen molar-refractivity contribution in [1.82, 2.24) is 25.2 Å². The molecule has 0 bridgehead atoms. The highest BCUT2D eigenvalue weighted by Gasteiger charge is 2.25. The van der Waals surface area contributed by atoms with Crippen molar-refractivity contribution in [2.75, 3.05) is 59.0 Å². The van der Waals surface area contributed by atoms with Crippen molar-refractivity contribution < 1.29 is 18.3 Å². The number of ether oxygens (including phenoxy) is 1. The SMILES string of the molecule is CCNC(=NCC(C)(O)CN1CCOCC1)NCCNS(=O)(=O)c1cccnc1.I. The third kappa shape index (κ3) is 9.83. The van der Waals surface area contributed by atoms with E-state index in [2.05, 4.69) is 30.2 Å². The molecule has 1 atom stereocenters. The summed E-state index contributed by atoms with van der Waals surface area (Å²) >= 11 is 0. The van der Waals surface area contributed by atoms with E-state index in [4.69, 9.17) is 4.74 Å². The van der Waals surface area contributed by atoms with Crippen LogP contribution in [0.15, 0.2) is 34.4 Å². The summed E-state index contributed by atoms with van der Waals surface area (Å²) in [6.45, 7) is 8.58. The van der Waals surface area contributed by atoms with Gasteiger partial charge in [-0.3, -0.25) is 14.9 Å². The first-order chi connectivity index (χ1) is 13.8. The number of aliphatic imine (C=N–C) groups is 1. The lowest BCUT2D eigenvalue weighted by Gasteiger charge is -2.33. The highest BCUT2D eigenvalue weighted by Crippen LogP contribution is 2.09. The minimum absolute atomic E-state index is 0. The van der Waals surface area contributed by atoms with Gasteiger partial charge in [-0.2, -0.15) is 0 Å². The quantitative estimate of drug-likeness (QED) is 0.133. The maximum atomic E-state index is 12.2. The van der Waals surface area contributed by atoms with Gasteiger partial charge in [0.2, 0.25) is 10.0 Å². The lowest BCUT2D eigenvalue weighted by molar-refractivity contribution is -0.0179. The first kappa shape index (κ1) is 27.0. The maximum Gasteiger partial charge on any atom is 0.242 e. The topological polar surface area (TPSA) is 128 Å². The van der Waals surface area contributed by atoms with Crippen LogP contribution >= 0.6 is 24.0 Å². The Kier molecular flexibility index (Phi) is 12.0. The monoisotopic (exact) mass is 556 g/mol. The lowest BCUT2D eigenvalue weighted by Crippen LogP contribution is -2.48. The summed E-state index contributed by atoms with van der Waals surface area (Å²) < 4.78 is 32.2. The average Bonchev–Trinajstić information content (AvgIpc) is 2.70. The molecule has 1 aliphatic rings. The Morgan fingerprint density at radius 1 is 1.33 bits per heavy atom. The normalized spacial score (nSPS) is 17.6. The summed E-state index contributed by atoms with van der Waals surface area (Å²) in [4.78, 5) is 10.5. The molecule has 1 aromatic rings. The van der Waals surface area contributed by atoms with Crippen LogP contribution in [0, 0.1) is 0 Å². The third-order valence-corrected chi connectivity index (χ3v) is 5.69. The summed E-state index contributed by atoms with van der Waals surface area (Å²) in [5.41, 5.74) is -0.971. The molecule has 1 aromatic heterocycles. The van der Waals surface area contributed by atoms with Crippen molar-refractivity contribution >= 4 is 40.0 Å². The molecule has 1 saturated heterocycles. The van der Waals surface area contributed by atoms with E-state index < -0.39 is 15.6 Å². The molecule has 0 amide bonds. The molecule has 0 aromatic carbocycles. The van der Waals surface area contributed by atoms with Gasteiger partial charge in [0.15, 0.2) is 5.96 Å². The zero-order valence-corrected chi connectivity index (χ0v) is 20.7. The van der Waals surface area contributed by atoms with E-state index in [-0.39, 0.29) is 42.0 Å². The van der Waals surface area contributed by atoms with Crippen LogP contribution in [0.1, 0.15) is 13.8 Å². The van der Waals surface area contributed by atoms with Crippen LogP contribution < -0.4 is 15.4 Å². The predicted octanol–water partition coefficient (Wildman–Crippen LogP) is -0.384. The number of guanidine groups is 1. The Labute approximate surface area is 196 Å². The van der Waals surface area contributed by atoms with Crippen LogP contribution in [0.4, 0.5) is 0 Å². The van der Waals surface area contributed by atoms with Crippen LogP contribution in [0.5, 0.6) is 0 Å². The number of nitrogens with one attached hydrogen (secondary N) is 3. The summed E-state index contributed by atoms with van der Waals surface area (Å²) in [7, 11) is -3.59. The molecule has 0 saturated carbocycles. The molecule has 30 heavy (non-hydrogen) atoms. The Balaban J connectivity index is 0.00000450. The first-order valence-corrected chi connectivity index (χ1v) is 11.2. The van der Waals surface area contributed by atoms with Crippen LogP contribution in [0.3, 0.4) is 0 Å². The number of hydrogen-bond donors (Lipinski definition) is 4. The molecule has 1 aliphatic heterocycles. The fourth-order valence-corrected chi connectivity index (χ4v) is 3.83. The van der Waals surface area contributed by atoms with E-state index >= 15 is 0 Å². The van der Waals surface area contributed by atoms with Gasteiger partial charge in [0, 0.05) is 51.7 Å². The number of morpholine rings is 1. The summed E-state index contributed by atoms with van der Waals surface area (Å²) in [6.07, 6.45) is 2.82. The fraction of sp³-hybridized carbons (Fsp3) is 0.667. The second-order valence-corrected chi connectivity index (χ2v) is 8.86. The smallest absolute Gasteiger partial charge is 0.242 e. The van der Waals surface area contributed by atoms with Crippen molar-refractivity contribution in [1.29, 1.82) is 0 Å². The van der Waals surface area contributed by atoms with Crippen LogP contribution in [-0.4, -0.2) is 94.0 Å². The summed E-state index contributed by atoms with van der Waals surface area (Å²) in [5.74, 6) is 0.523. The minimum Gasteiger partial charge on any atom is -0.387 e. The number of aromatic nitrogens is 1. The number of pyridine rings is 1. The fourth-order valence-electron chi connectivity index (χ4n) is 2.84. The Hall–Kier alpha value is -1.06. The van der Waals surface area contributed by atoms with Gasteiger partial charge in [-0.1, -0.05) is 0 Å². The van der Waals surface area contributed by atoms with E-state index in [0.29, 0.717) is 38.8 Å². The molecular weight excluding hydrogens is 523 g/mol. The standard InChI is InChI=1S/C18H32N6O4S.HI/c1-3-20-17(22-14-18(2,25)15-24-9-11-28-12-10-24)21-7-8-23-29(26,27)16-5-4-6-19-13-16;/h4-6,13,23,25H,3,7-12,14-15H2,1-2H3,(H2,20,21,22);1H. The molecule has 4 N–H and O–H groups in total. The second kappa shape index (κ2) is 13.4. The largest absolute Gasteiger partial charge is 0.387 e. The van der Waals surface area contributed by atoms with E-state index in [1.807, 2.05) is 6.92 Å². The number of β-amino-alcohol motifs (C(OH)–C–C–N with tert-alkyl or cyclic N) is 1. The number of halogens is 1. The molecule has 12 heteroatoms. The van der Waals surface area contributed by atoms with Crippen molar-refractivity contribution in [3.8, 4) is 0 Å². The van der Waals surface area contributed by atoms with Crippen LogP contribution in [0.25, 0.3) is 0 Å². The van der Waals surface area contributed by atoms with Gasteiger partial charge < -0.3 is 20.5 Å². The highest BCUT2D eigenvalue weighted by molar-refractivity contribution is 14.0.